The van der Waals surface area contributed by atoms with Gasteiger partial charge in [-0.3, -0.25) is 4.79 Å². The smallest absolute Gasteiger partial charge is 0.223 e. The lowest BCUT2D eigenvalue weighted by Crippen LogP contribution is -2.52. The molecule has 2 fully saturated rings. The second kappa shape index (κ2) is 7.77. The zero-order valence-corrected chi connectivity index (χ0v) is 16.5. The summed E-state index contributed by atoms with van der Waals surface area (Å²) in [4.78, 5) is 12.9. The summed E-state index contributed by atoms with van der Waals surface area (Å²) in [6.45, 7) is 4.25. The molecule has 26 heavy (non-hydrogen) atoms. The van der Waals surface area contributed by atoms with Crippen LogP contribution in [0.3, 0.4) is 0 Å². The molecule has 3 N–H and O–H groups in total. The topological polar surface area (TPSA) is 64.4 Å². The number of para-hydroxylation sites is 1. The molecule has 5 heteroatoms. The molecule has 4 rings (SSSR count). The average Bonchev–Trinajstić information content (AvgIpc) is 2.92. The number of hydrogen-bond acceptors (Lipinski definition) is 3. The van der Waals surface area contributed by atoms with Crippen LogP contribution in [-0.4, -0.2) is 24.1 Å². The lowest BCUT2D eigenvalue weighted by atomic mass is 9.65. The zero-order valence-electron chi connectivity index (χ0n) is 15.7. The predicted molar refractivity (Wildman–Crippen MR) is 106 cm³/mol. The molecular formula is C21H31ClN2O2. The summed E-state index contributed by atoms with van der Waals surface area (Å²) >= 11 is 0. The number of hydrogen-bond donors (Lipinski definition) is 2. The minimum absolute atomic E-state index is 0. The second-order valence-electron chi connectivity index (χ2n) is 8.40. The van der Waals surface area contributed by atoms with E-state index in [9.17, 15) is 4.79 Å². The Balaban J connectivity index is 0.00000196. The van der Waals surface area contributed by atoms with Crippen LogP contribution in [0.5, 0.6) is 5.75 Å². The van der Waals surface area contributed by atoms with Crippen LogP contribution in [-0.2, 0) is 4.79 Å². The standard InChI is InChI=1S/C21H30N2O2.ClH/c1-12-17-8-3-4-9-18(17)25-20(12)13(2)23-21(24)16-10-14-6-5-7-15(11-16)19(14)22;/h3-4,8-9,12-16,19-20H,5-7,10-11,22H2,1-2H3,(H,23,24);1H. The highest BCUT2D eigenvalue weighted by molar-refractivity contribution is 5.85. The first-order valence-electron chi connectivity index (χ1n) is 9.86. The van der Waals surface area contributed by atoms with E-state index in [1.54, 1.807) is 0 Å². The fourth-order valence-electron chi connectivity index (χ4n) is 5.35. The zero-order chi connectivity index (χ0) is 17.6. The van der Waals surface area contributed by atoms with Gasteiger partial charge in [0.1, 0.15) is 11.9 Å². The van der Waals surface area contributed by atoms with E-state index in [-0.39, 0.29) is 36.4 Å². The van der Waals surface area contributed by atoms with Gasteiger partial charge in [0.25, 0.3) is 0 Å². The monoisotopic (exact) mass is 378 g/mol. The predicted octanol–water partition coefficient (Wildman–Crippen LogP) is 3.63. The molecule has 2 bridgehead atoms. The van der Waals surface area contributed by atoms with Crippen LogP contribution >= 0.6 is 12.4 Å². The van der Waals surface area contributed by atoms with Crippen molar-refractivity contribution in [1.29, 1.82) is 0 Å². The van der Waals surface area contributed by atoms with Gasteiger partial charge in [-0.15, -0.1) is 12.4 Å². The molecule has 0 saturated heterocycles. The first kappa shape index (κ1) is 19.5. The van der Waals surface area contributed by atoms with Crippen molar-refractivity contribution in [2.75, 3.05) is 0 Å². The van der Waals surface area contributed by atoms with Gasteiger partial charge >= 0.3 is 0 Å². The third kappa shape index (κ3) is 3.46. The SMILES string of the molecule is CC(NC(=O)C1CC2CCCC(C1)C2N)C1Oc2ccccc2C1C.Cl. The van der Waals surface area contributed by atoms with Gasteiger partial charge in [-0.25, -0.2) is 0 Å². The van der Waals surface area contributed by atoms with E-state index in [1.807, 2.05) is 18.2 Å². The molecule has 1 heterocycles. The van der Waals surface area contributed by atoms with E-state index in [1.165, 1.54) is 24.8 Å². The summed E-state index contributed by atoms with van der Waals surface area (Å²) in [6.07, 6.45) is 5.57. The number of amides is 1. The van der Waals surface area contributed by atoms with Gasteiger partial charge < -0.3 is 15.8 Å². The van der Waals surface area contributed by atoms with Crippen molar-refractivity contribution in [3.63, 3.8) is 0 Å². The summed E-state index contributed by atoms with van der Waals surface area (Å²) in [5.41, 5.74) is 7.60. The summed E-state index contributed by atoms with van der Waals surface area (Å²) in [5.74, 6) is 2.64. The lowest BCUT2D eigenvalue weighted by Gasteiger charge is -2.43. The fraction of sp³-hybridized carbons (Fsp3) is 0.667. The van der Waals surface area contributed by atoms with Crippen molar-refractivity contribution in [3.8, 4) is 5.75 Å². The van der Waals surface area contributed by atoms with E-state index < -0.39 is 0 Å². The third-order valence-corrected chi connectivity index (χ3v) is 6.81. The van der Waals surface area contributed by atoms with E-state index in [2.05, 4.69) is 25.2 Å². The maximum absolute atomic E-state index is 12.9. The molecule has 0 spiro atoms. The molecule has 0 aromatic heterocycles. The fourth-order valence-corrected chi connectivity index (χ4v) is 5.35. The summed E-state index contributed by atoms with van der Waals surface area (Å²) in [6, 6.07) is 8.51. The van der Waals surface area contributed by atoms with Crippen molar-refractivity contribution in [3.05, 3.63) is 29.8 Å². The molecule has 0 radical (unpaired) electrons. The maximum Gasteiger partial charge on any atom is 0.223 e. The van der Waals surface area contributed by atoms with Crippen molar-refractivity contribution in [2.45, 2.75) is 70.1 Å². The summed E-state index contributed by atoms with van der Waals surface area (Å²) in [7, 11) is 0. The van der Waals surface area contributed by atoms with E-state index >= 15 is 0 Å². The van der Waals surface area contributed by atoms with Gasteiger partial charge in [-0.1, -0.05) is 31.5 Å². The molecule has 2 aliphatic carbocycles. The molecular weight excluding hydrogens is 348 g/mol. The lowest BCUT2D eigenvalue weighted by molar-refractivity contribution is -0.129. The van der Waals surface area contributed by atoms with Crippen LogP contribution < -0.4 is 15.8 Å². The van der Waals surface area contributed by atoms with Gasteiger partial charge in [0.05, 0.1) is 6.04 Å². The first-order valence-corrected chi connectivity index (χ1v) is 9.86. The Morgan fingerprint density at radius 3 is 2.54 bits per heavy atom. The minimum Gasteiger partial charge on any atom is -0.487 e. The Kier molecular flexibility index (Phi) is 5.83. The van der Waals surface area contributed by atoms with Crippen LogP contribution in [0.1, 0.15) is 57.4 Å². The Hall–Kier alpha value is -1.26. The van der Waals surface area contributed by atoms with Crippen LogP contribution in [0.2, 0.25) is 0 Å². The molecule has 1 aliphatic heterocycles. The van der Waals surface area contributed by atoms with Gasteiger partial charge in [0.2, 0.25) is 5.91 Å². The quantitative estimate of drug-likeness (QED) is 0.844. The number of halogens is 1. The number of fused-ring (bicyclic) bond motifs is 3. The Morgan fingerprint density at radius 2 is 1.88 bits per heavy atom. The van der Waals surface area contributed by atoms with E-state index in [4.69, 9.17) is 10.5 Å². The highest BCUT2D eigenvalue weighted by Crippen LogP contribution is 2.42. The number of ether oxygens (including phenoxy) is 1. The van der Waals surface area contributed by atoms with Crippen molar-refractivity contribution in [2.24, 2.45) is 23.5 Å². The highest BCUT2D eigenvalue weighted by atomic mass is 35.5. The molecule has 144 valence electrons. The van der Waals surface area contributed by atoms with Crippen molar-refractivity contribution < 1.29 is 9.53 Å². The minimum atomic E-state index is 0. The van der Waals surface area contributed by atoms with E-state index in [0.717, 1.165) is 18.6 Å². The normalized spacial score (nSPS) is 36.3. The molecule has 1 aromatic rings. The van der Waals surface area contributed by atoms with Crippen molar-refractivity contribution in [1.82, 2.24) is 5.32 Å². The number of carbonyl (C=O) groups excluding carboxylic acids is 1. The highest BCUT2D eigenvalue weighted by Gasteiger charge is 2.42. The van der Waals surface area contributed by atoms with Crippen LogP contribution in [0, 0.1) is 17.8 Å². The van der Waals surface area contributed by atoms with Gasteiger partial charge in [-0.05, 0) is 50.5 Å². The number of benzene rings is 1. The average molecular weight is 379 g/mol. The number of rotatable bonds is 3. The Labute approximate surface area is 162 Å². The van der Waals surface area contributed by atoms with Crippen LogP contribution in [0.15, 0.2) is 24.3 Å². The molecule has 5 unspecified atom stereocenters. The molecule has 1 aromatic carbocycles. The maximum atomic E-state index is 12.9. The van der Waals surface area contributed by atoms with E-state index in [0.29, 0.717) is 23.8 Å². The molecule has 2 saturated carbocycles. The Bertz CT molecular complexity index is 639. The second-order valence-corrected chi connectivity index (χ2v) is 8.40. The van der Waals surface area contributed by atoms with Crippen LogP contribution in [0.4, 0.5) is 0 Å². The first-order chi connectivity index (χ1) is 12.0. The Morgan fingerprint density at radius 1 is 1.23 bits per heavy atom. The molecule has 1 amide bonds. The molecule has 3 aliphatic rings. The van der Waals surface area contributed by atoms with Crippen molar-refractivity contribution >= 4 is 18.3 Å². The molecule has 4 nitrogen and oxygen atoms in total. The number of carbonyl (C=O) groups is 1. The van der Waals surface area contributed by atoms with Crippen LogP contribution in [0.25, 0.3) is 0 Å². The van der Waals surface area contributed by atoms with Gasteiger partial charge in [0.15, 0.2) is 0 Å². The summed E-state index contributed by atoms with van der Waals surface area (Å²) < 4.78 is 6.13. The van der Waals surface area contributed by atoms with Gasteiger partial charge in [-0.2, -0.15) is 0 Å². The molecule has 5 atom stereocenters. The third-order valence-electron chi connectivity index (χ3n) is 6.81. The number of nitrogens with one attached hydrogen (secondary N) is 1. The summed E-state index contributed by atoms with van der Waals surface area (Å²) in [5, 5.41) is 3.26. The largest absolute Gasteiger partial charge is 0.487 e. The van der Waals surface area contributed by atoms with Gasteiger partial charge in [0, 0.05) is 23.4 Å². The number of nitrogens with two attached hydrogens (primary N) is 1.